The number of aryl methyl sites for hydroxylation is 1. The van der Waals surface area contributed by atoms with Crippen LogP contribution < -0.4 is 10.6 Å². The summed E-state index contributed by atoms with van der Waals surface area (Å²) >= 11 is 6.16. The van der Waals surface area contributed by atoms with E-state index >= 15 is 0 Å². The third-order valence-electron chi connectivity index (χ3n) is 4.67. The molecule has 1 aliphatic heterocycles. The van der Waals surface area contributed by atoms with Gasteiger partial charge in [-0.3, -0.25) is 9.69 Å². The van der Waals surface area contributed by atoms with Crippen LogP contribution in [0.3, 0.4) is 0 Å². The molecule has 1 atom stereocenters. The standard InChI is InChI=1S/C20H28ClN5O/c1-14-10-18(26(24-14)20(2,3)4)23-19(27)13-25-9-8-22-12-17(25)15-6-5-7-16(21)11-15/h5-7,10-11,17,22H,8-9,12-13H2,1-4H3,(H,23,27). The number of nitrogens with zero attached hydrogens (tertiary/aromatic N) is 3. The largest absolute Gasteiger partial charge is 0.314 e. The second-order valence-electron chi connectivity index (χ2n) is 8.05. The first-order chi connectivity index (χ1) is 12.7. The van der Waals surface area contributed by atoms with Crippen LogP contribution in [-0.2, 0) is 10.3 Å². The van der Waals surface area contributed by atoms with E-state index < -0.39 is 0 Å². The molecule has 2 aromatic rings. The quantitative estimate of drug-likeness (QED) is 0.843. The van der Waals surface area contributed by atoms with Crippen LogP contribution in [0.2, 0.25) is 5.02 Å². The van der Waals surface area contributed by atoms with E-state index in [1.54, 1.807) is 0 Å². The Morgan fingerprint density at radius 1 is 1.37 bits per heavy atom. The molecule has 0 bridgehead atoms. The van der Waals surface area contributed by atoms with Crippen molar-refractivity contribution >= 4 is 23.3 Å². The summed E-state index contributed by atoms with van der Waals surface area (Å²) in [6, 6.07) is 9.89. The molecule has 1 fully saturated rings. The van der Waals surface area contributed by atoms with Crippen molar-refractivity contribution in [3.63, 3.8) is 0 Å². The van der Waals surface area contributed by atoms with Crippen LogP contribution in [0.4, 0.5) is 5.82 Å². The molecule has 146 valence electrons. The first-order valence-corrected chi connectivity index (χ1v) is 9.69. The molecule has 7 heteroatoms. The van der Waals surface area contributed by atoms with Gasteiger partial charge in [-0.05, 0) is 45.4 Å². The number of benzene rings is 1. The van der Waals surface area contributed by atoms with Gasteiger partial charge in [0.2, 0.25) is 5.91 Å². The van der Waals surface area contributed by atoms with Gasteiger partial charge in [0.1, 0.15) is 5.82 Å². The van der Waals surface area contributed by atoms with E-state index in [0.29, 0.717) is 11.6 Å². The molecule has 2 heterocycles. The Hall–Kier alpha value is -1.89. The van der Waals surface area contributed by atoms with Gasteiger partial charge in [0.25, 0.3) is 0 Å². The molecule has 3 rings (SSSR count). The van der Waals surface area contributed by atoms with Crippen molar-refractivity contribution in [1.82, 2.24) is 20.0 Å². The molecule has 1 aromatic heterocycles. The second-order valence-corrected chi connectivity index (χ2v) is 8.48. The smallest absolute Gasteiger partial charge is 0.239 e. The van der Waals surface area contributed by atoms with Crippen LogP contribution in [-0.4, -0.2) is 46.8 Å². The zero-order valence-corrected chi connectivity index (χ0v) is 17.2. The third-order valence-corrected chi connectivity index (χ3v) is 4.90. The minimum atomic E-state index is -0.199. The summed E-state index contributed by atoms with van der Waals surface area (Å²) in [4.78, 5) is 15.0. The maximum Gasteiger partial charge on any atom is 0.239 e. The number of rotatable bonds is 4. The lowest BCUT2D eigenvalue weighted by molar-refractivity contribution is -0.118. The Labute approximate surface area is 165 Å². The molecular formula is C20H28ClN5O. The summed E-state index contributed by atoms with van der Waals surface area (Å²) in [6.45, 7) is 10.9. The number of carbonyl (C=O) groups is 1. The van der Waals surface area contributed by atoms with Crippen LogP contribution in [0.5, 0.6) is 0 Å². The topological polar surface area (TPSA) is 62.2 Å². The summed E-state index contributed by atoms with van der Waals surface area (Å²) in [5, 5.41) is 11.7. The summed E-state index contributed by atoms with van der Waals surface area (Å²) in [5.74, 6) is 0.703. The highest BCUT2D eigenvalue weighted by atomic mass is 35.5. The molecule has 1 amide bonds. The average molecular weight is 390 g/mol. The molecule has 0 saturated carbocycles. The number of hydrogen-bond acceptors (Lipinski definition) is 4. The molecular weight excluding hydrogens is 362 g/mol. The second kappa shape index (κ2) is 8.00. The van der Waals surface area contributed by atoms with Crippen LogP contribution in [0, 0.1) is 6.92 Å². The predicted octanol–water partition coefficient (Wildman–Crippen LogP) is 3.18. The highest BCUT2D eigenvalue weighted by Gasteiger charge is 2.27. The highest BCUT2D eigenvalue weighted by molar-refractivity contribution is 6.30. The number of carbonyl (C=O) groups excluding carboxylic acids is 1. The maximum absolute atomic E-state index is 12.8. The lowest BCUT2D eigenvalue weighted by atomic mass is 10.0. The molecule has 0 radical (unpaired) electrons. The fraction of sp³-hybridized carbons (Fsp3) is 0.500. The van der Waals surface area contributed by atoms with E-state index in [0.717, 1.165) is 36.7 Å². The summed E-state index contributed by atoms with van der Waals surface area (Å²) < 4.78 is 1.87. The number of amides is 1. The monoisotopic (exact) mass is 389 g/mol. The number of piperazine rings is 1. The van der Waals surface area contributed by atoms with Crippen LogP contribution >= 0.6 is 11.6 Å². The van der Waals surface area contributed by atoms with Crippen molar-refractivity contribution < 1.29 is 4.79 Å². The Kier molecular flexibility index (Phi) is 5.89. The number of nitrogens with one attached hydrogen (secondary N) is 2. The minimum Gasteiger partial charge on any atom is -0.314 e. The van der Waals surface area contributed by atoms with Gasteiger partial charge in [-0.15, -0.1) is 0 Å². The molecule has 1 unspecified atom stereocenters. The molecule has 0 aliphatic carbocycles. The van der Waals surface area contributed by atoms with Crippen LogP contribution in [0.25, 0.3) is 0 Å². The molecule has 1 aromatic carbocycles. The Morgan fingerprint density at radius 2 is 2.15 bits per heavy atom. The van der Waals surface area contributed by atoms with Gasteiger partial charge in [0.05, 0.1) is 17.8 Å². The number of hydrogen-bond donors (Lipinski definition) is 2. The first kappa shape index (κ1) is 19.9. The first-order valence-electron chi connectivity index (χ1n) is 9.31. The zero-order chi connectivity index (χ0) is 19.6. The molecule has 0 spiro atoms. The van der Waals surface area contributed by atoms with Gasteiger partial charge < -0.3 is 10.6 Å². The van der Waals surface area contributed by atoms with Gasteiger partial charge in [-0.25, -0.2) is 4.68 Å². The lowest BCUT2D eigenvalue weighted by Gasteiger charge is -2.36. The van der Waals surface area contributed by atoms with Crippen molar-refractivity contribution in [1.29, 1.82) is 0 Å². The molecule has 6 nitrogen and oxygen atoms in total. The lowest BCUT2D eigenvalue weighted by Crippen LogP contribution is -2.48. The third kappa shape index (κ3) is 4.89. The van der Waals surface area contributed by atoms with E-state index in [-0.39, 0.29) is 17.5 Å². The minimum absolute atomic E-state index is 0.0330. The van der Waals surface area contributed by atoms with Crippen LogP contribution in [0.15, 0.2) is 30.3 Å². The van der Waals surface area contributed by atoms with Gasteiger partial charge >= 0.3 is 0 Å². The predicted molar refractivity (Wildman–Crippen MR) is 109 cm³/mol. The average Bonchev–Trinajstić information content (AvgIpc) is 2.96. The van der Waals surface area contributed by atoms with Gasteiger partial charge in [-0.2, -0.15) is 5.10 Å². The van der Waals surface area contributed by atoms with E-state index in [4.69, 9.17) is 11.6 Å². The summed E-state index contributed by atoms with van der Waals surface area (Å²) in [6.07, 6.45) is 0. The SMILES string of the molecule is Cc1cc(NC(=O)CN2CCNCC2c2cccc(Cl)c2)n(C(C)(C)C)n1. The highest BCUT2D eigenvalue weighted by Crippen LogP contribution is 2.25. The van der Waals surface area contributed by atoms with Crippen molar-refractivity contribution in [2.45, 2.75) is 39.3 Å². The normalized spacial score (nSPS) is 18.5. The Bertz CT molecular complexity index is 811. The summed E-state index contributed by atoms with van der Waals surface area (Å²) in [7, 11) is 0. The molecule has 2 N–H and O–H groups in total. The van der Waals surface area contributed by atoms with Crippen molar-refractivity contribution in [2.75, 3.05) is 31.5 Å². The molecule has 1 saturated heterocycles. The van der Waals surface area contributed by atoms with Gasteiger partial charge in [0.15, 0.2) is 0 Å². The van der Waals surface area contributed by atoms with Crippen molar-refractivity contribution in [3.8, 4) is 0 Å². The number of anilines is 1. The molecule has 1 aliphatic rings. The van der Waals surface area contributed by atoms with Crippen molar-refractivity contribution in [2.24, 2.45) is 0 Å². The molecule has 27 heavy (non-hydrogen) atoms. The fourth-order valence-corrected chi connectivity index (χ4v) is 3.64. The van der Waals surface area contributed by atoms with Gasteiger partial charge in [-0.1, -0.05) is 23.7 Å². The van der Waals surface area contributed by atoms with E-state index in [1.807, 2.05) is 35.9 Å². The fourth-order valence-electron chi connectivity index (χ4n) is 3.44. The maximum atomic E-state index is 12.8. The number of aromatic nitrogens is 2. The van der Waals surface area contributed by atoms with Crippen molar-refractivity contribution in [3.05, 3.63) is 46.6 Å². The Balaban J connectivity index is 1.73. The zero-order valence-electron chi connectivity index (χ0n) is 16.4. The van der Waals surface area contributed by atoms with Crippen LogP contribution in [0.1, 0.15) is 38.1 Å². The Morgan fingerprint density at radius 3 is 2.85 bits per heavy atom. The number of halogens is 1. The van der Waals surface area contributed by atoms with E-state index in [1.165, 1.54) is 0 Å². The van der Waals surface area contributed by atoms with E-state index in [2.05, 4.69) is 47.5 Å². The summed E-state index contributed by atoms with van der Waals surface area (Å²) in [5.41, 5.74) is 1.81. The van der Waals surface area contributed by atoms with Gasteiger partial charge in [0, 0.05) is 36.8 Å². The van der Waals surface area contributed by atoms with E-state index in [9.17, 15) is 4.79 Å².